The van der Waals surface area contributed by atoms with E-state index in [0.717, 1.165) is 10.9 Å². The minimum absolute atomic E-state index is 0.0959. The number of carbonyl (C=O) groups is 2. The topological polar surface area (TPSA) is 83.2 Å². The molecule has 130 valence electrons. The fourth-order valence-corrected chi connectivity index (χ4v) is 2.35. The predicted molar refractivity (Wildman–Crippen MR) is 94.1 cm³/mol. The highest BCUT2D eigenvalue weighted by atomic mass is 16.6. The van der Waals surface area contributed by atoms with Crippen LogP contribution in [0.4, 0.5) is 4.79 Å². The molecule has 0 aliphatic rings. The maximum atomic E-state index is 12.3. The van der Waals surface area contributed by atoms with Crippen LogP contribution in [0.5, 0.6) is 0 Å². The third-order valence-electron chi connectivity index (χ3n) is 3.46. The zero-order valence-electron chi connectivity index (χ0n) is 14.6. The van der Waals surface area contributed by atoms with Crippen molar-refractivity contribution in [3.8, 4) is 0 Å². The van der Waals surface area contributed by atoms with Gasteiger partial charge in [0, 0.05) is 24.2 Å². The first-order valence-electron chi connectivity index (χ1n) is 8.10. The Morgan fingerprint density at radius 2 is 2.00 bits per heavy atom. The van der Waals surface area contributed by atoms with Gasteiger partial charge >= 0.3 is 6.09 Å². The van der Waals surface area contributed by atoms with Crippen LogP contribution in [0.25, 0.3) is 10.9 Å². The second-order valence-corrected chi connectivity index (χ2v) is 6.84. The predicted octanol–water partition coefficient (Wildman–Crippen LogP) is 3.20. The molecule has 1 heterocycles. The number of benzene rings is 1. The maximum absolute atomic E-state index is 12.3. The van der Waals surface area contributed by atoms with Crippen LogP contribution < -0.4 is 10.6 Å². The maximum Gasteiger partial charge on any atom is 0.407 e. The molecule has 0 fully saturated rings. The van der Waals surface area contributed by atoms with Crippen molar-refractivity contribution in [3.63, 3.8) is 0 Å². The Morgan fingerprint density at radius 1 is 1.25 bits per heavy atom. The monoisotopic (exact) mass is 331 g/mol. The van der Waals surface area contributed by atoms with Crippen LogP contribution in [0.15, 0.2) is 30.5 Å². The van der Waals surface area contributed by atoms with E-state index in [0.29, 0.717) is 18.5 Å². The summed E-state index contributed by atoms with van der Waals surface area (Å²) in [6, 6.07) is 7.43. The number of para-hydroxylation sites is 1. The number of aromatic amines is 1. The summed E-state index contributed by atoms with van der Waals surface area (Å²) in [5.74, 6) is -0.132. The molecule has 0 saturated carbocycles. The Kier molecular flexibility index (Phi) is 5.49. The Hall–Kier alpha value is -2.50. The highest BCUT2D eigenvalue weighted by molar-refractivity contribution is 6.05. The first kappa shape index (κ1) is 17.8. The van der Waals surface area contributed by atoms with Gasteiger partial charge in [0.15, 0.2) is 0 Å². The van der Waals surface area contributed by atoms with Gasteiger partial charge in [-0.05, 0) is 46.2 Å². The highest BCUT2D eigenvalue weighted by Crippen LogP contribution is 2.16. The summed E-state index contributed by atoms with van der Waals surface area (Å²) in [7, 11) is 0. The number of nitrogens with one attached hydrogen (secondary N) is 3. The number of fused-ring (bicyclic) bond motifs is 1. The fourth-order valence-electron chi connectivity index (χ4n) is 2.35. The molecule has 2 aromatic rings. The second kappa shape index (κ2) is 7.38. The normalized spacial score (nSPS) is 12.7. The third-order valence-corrected chi connectivity index (χ3v) is 3.46. The number of rotatable bonds is 5. The van der Waals surface area contributed by atoms with Crippen LogP contribution in [0.3, 0.4) is 0 Å². The lowest BCUT2D eigenvalue weighted by molar-refractivity contribution is 0.0507. The number of hydrogen-bond donors (Lipinski definition) is 3. The van der Waals surface area contributed by atoms with Crippen molar-refractivity contribution in [1.82, 2.24) is 15.6 Å². The van der Waals surface area contributed by atoms with E-state index in [1.165, 1.54) is 0 Å². The molecule has 24 heavy (non-hydrogen) atoms. The summed E-state index contributed by atoms with van der Waals surface area (Å²) < 4.78 is 5.20. The summed E-state index contributed by atoms with van der Waals surface area (Å²) in [5, 5.41) is 6.64. The smallest absolute Gasteiger partial charge is 0.407 e. The van der Waals surface area contributed by atoms with Gasteiger partial charge in [0.05, 0.1) is 11.1 Å². The van der Waals surface area contributed by atoms with Crippen molar-refractivity contribution in [2.75, 3.05) is 6.54 Å². The Balaban J connectivity index is 1.80. The number of H-pyrrole nitrogens is 1. The van der Waals surface area contributed by atoms with Crippen molar-refractivity contribution < 1.29 is 14.3 Å². The van der Waals surface area contributed by atoms with Gasteiger partial charge in [-0.2, -0.15) is 0 Å². The molecule has 0 aliphatic carbocycles. The fraction of sp³-hybridized carbons (Fsp3) is 0.444. The third kappa shape index (κ3) is 5.01. The van der Waals surface area contributed by atoms with Gasteiger partial charge in [0.1, 0.15) is 5.60 Å². The number of alkyl carbamates (subject to hydrolysis) is 1. The van der Waals surface area contributed by atoms with E-state index in [1.807, 2.05) is 52.1 Å². The molecular formula is C18H25N3O3. The zero-order chi connectivity index (χ0) is 17.7. The summed E-state index contributed by atoms with van der Waals surface area (Å²) in [6.07, 6.45) is 1.98. The SMILES string of the molecule is CC(CCNC(=O)c1cccc2cc[nH]c12)NC(=O)OC(C)(C)C. The van der Waals surface area contributed by atoms with Crippen molar-refractivity contribution in [3.05, 3.63) is 36.0 Å². The molecule has 1 atom stereocenters. The molecule has 0 radical (unpaired) electrons. The van der Waals surface area contributed by atoms with Gasteiger partial charge in [-0.1, -0.05) is 12.1 Å². The Labute approximate surface area is 142 Å². The Morgan fingerprint density at radius 3 is 2.71 bits per heavy atom. The van der Waals surface area contributed by atoms with Gasteiger partial charge in [-0.25, -0.2) is 4.79 Å². The van der Waals surface area contributed by atoms with Crippen LogP contribution >= 0.6 is 0 Å². The molecule has 3 N–H and O–H groups in total. The summed E-state index contributed by atoms with van der Waals surface area (Å²) in [6.45, 7) is 7.80. The first-order valence-corrected chi connectivity index (χ1v) is 8.10. The average molecular weight is 331 g/mol. The van der Waals surface area contributed by atoms with E-state index in [2.05, 4.69) is 15.6 Å². The van der Waals surface area contributed by atoms with Crippen LogP contribution in [-0.2, 0) is 4.74 Å². The van der Waals surface area contributed by atoms with E-state index < -0.39 is 11.7 Å². The molecule has 0 spiro atoms. The molecule has 0 aliphatic heterocycles. The van der Waals surface area contributed by atoms with Crippen molar-refractivity contribution in [1.29, 1.82) is 0 Å². The number of amides is 2. The summed E-state index contributed by atoms with van der Waals surface area (Å²) >= 11 is 0. The van der Waals surface area contributed by atoms with Gasteiger partial charge in [-0.3, -0.25) is 4.79 Å². The Bertz CT molecular complexity index is 716. The molecule has 0 saturated heterocycles. The summed E-state index contributed by atoms with van der Waals surface area (Å²) in [5.41, 5.74) is 0.924. The van der Waals surface area contributed by atoms with Gasteiger partial charge in [-0.15, -0.1) is 0 Å². The lowest BCUT2D eigenvalue weighted by Gasteiger charge is -2.22. The molecule has 1 aromatic carbocycles. The number of ether oxygens (including phenoxy) is 1. The van der Waals surface area contributed by atoms with Gasteiger partial charge in [0.2, 0.25) is 0 Å². The zero-order valence-corrected chi connectivity index (χ0v) is 14.6. The minimum Gasteiger partial charge on any atom is -0.444 e. The molecule has 6 heteroatoms. The van der Waals surface area contributed by atoms with Crippen molar-refractivity contribution in [2.24, 2.45) is 0 Å². The van der Waals surface area contributed by atoms with Crippen LogP contribution in [0.2, 0.25) is 0 Å². The lowest BCUT2D eigenvalue weighted by atomic mass is 10.1. The van der Waals surface area contributed by atoms with E-state index >= 15 is 0 Å². The first-order chi connectivity index (χ1) is 11.3. The van der Waals surface area contributed by atoms with E-state index in [9.17, 15) is 9.59 Å². The molecule has 6 nitrogen and oxygen atoms in total. The average Bonchev–Trinajstić information content (AvgIpc) is 2.92. The largest absolute Gasteiger partial charge is 0.444 e. The van der Waals surface area contributed by atoms with E-state index in [1.54, 1.807) is 6.07 Å². The minimum atomic E-state index is -0.521. The molecule has 1 aromatic heterocycles. The van der Waals surface area contributed by atoms with Gasteiger partial charge < -0.3 is 20.4 Å². The lowest BCUT2D eigenvalue weighted by Crippen LogP contribution is -2.39. The molecule has 2 rings (SSSR count). The quantitative estimate of drug-likeness (QED) is 0.787. The molecular weight excluding hydrogens is 306 g/mol. The van der Waals surface area contributed by atoms with Crippen LogP contribution in [-0.4, -0.2) is 35.2 Å². The number of aromatic nitrogens is 1. The van der Waals surface area contributed by atoms with E-state index in [4.69, 9.17) is 4.74 Å². The molecule has 2 amide bonds. The molecule has 0 bridgehead atoms. The van der Waals surface area contributed by atoms with Crippen molar-refractivity contribution in [2.45, 2.75) is 45.8 Å². The highest BCUT2D eigenvalue weighted by Gasteiger charge is 2.17. The standard InChI is InChI=1S/C18H25N3O3/c1-12(21-17(23)24-18(2,3)4)8-10-20-16(22)14-7-5-6-13-9-11-19-15(13)14/h5-7,9,11-12,19H,8,10H2,1-4H3,(H,20,22)(H,21,23). The van der Waals surface area contributed by atoms with Crippen LogP contribution in [0.1, 0.15) is 44.5 Å². The summed E-state index contributed by atoms with van der Waals surface area (Å²) in [4.78, 5) is 27.1. The van der Waals surface area contributed by atoms with E-state index in [-0.39, 0.29) is 11.9 Å². The van der Waals surface area contributed by atoms with Crippen LogP contribution in [0, 0.1) is 0 Å². The van der Waals surface area contributed by atoms with Gasteiger partial charge in [0.25, 0.3) is 5.91 Å². The van der Waals surface area contributed by atoms with Crippen molar-refractivity contribution >= 4 is 22.9 Å². The molecule has 1 unspecified atom stereocenters. The second-order valence-electron chi connectivity index (χ2n) is 6.84. The number of hydrogen-bond acceptors (Lipinski definition) is 3. The number of carbonyl (C=O) groups excluding carboxylic acids is 2.